The molecule has 0 aliphatic heterocycles. The number of hydrogen-bond donors (Lipinski definition) is 0. The molecule has 0 aromatic carbocycles. The third-order valence-electron chi connectivity index (χ3n) is 2.55. The summed E-state index contributed by atoms with van der Waals surface area (Å²) in [5.41, 5.74) is -0.129. The zero-order chi connectivity index (χ0) is 8.91. The van der Waals surface area contributed by atoms with Gasteiger partial charge in [-0.1, -0.05) is 20.8 Å². The SMILES string of the molecule is CCCN([O-])C(C)(CC)CC. The summed E-state index contributed by atoms with van der Waals surface area (Å²) >= 11 is 0. The molecule has 0 fully saturated rings. The third-order valence-corrected chi connectivity index (χ3v) is 2.55. The van der Waals surface area contributed by atoms with E-state index in [4.69, 9.17) is 0 Å². The minimum atomic E-state index is -0.129. The Hall–Kier alpha value is -0.0800. The summed E-state index contributed by atoms with van der Waals surface area (Å²) in [6.45, 7) is 8.89. The van der Waals surface area contributed by atoms with E-state index in [2.05, 4.69) is 13.8 Å². The summed E-state index contributed by atoms with van der Waals surface area (Å²) in [6, 6.07) is 0. The molecule has 11 heavy (non-hydrogen) atoms. The molecule has 0 saturated carbocycles. The number of rotatable bonds is 5. The van der Waals surface area contributed by atoms with E-state index in [9.17, 15) is 5.21 Å². The zero-order valence-electron chi connectivity index (χ0n) is 8.18. The van der Waals surface area contributed by atoms with E-state index in [-0.39, 0.29) is 5.54 Å². The van der Waals surface area contributed by atoms with Gasteiger partial charge in [-0.05, 0) is 32.7 Å². The van der Waals surface area contributed by atoms with E-state index >= 15 is 0 Å². The molecule has 0 unspecified atom stereocenters. The minimum Gasteiger partial charge on any atom is -0.785 e. The predicted octanol–water partition coefficient (Wildman–Crippen LogP) is 2.77. The lowest BCUT2D eigenvalue weighted by Gasteiger charge is -2.45. The van der Waals surface area contributed by atoms with E-state index in [1.807, 2.05) is 13.8 Å². The summed E-state index contributed by atoms with van der Waals surface area (Å²) < 4.78 is 0. The molecule has 0 aromatic heterocycles. The van der Waals surface area contributed by atoms with Crippen LogP contribution in [0.5, 0.6) is 0 Å². The Morgan fingerprint density at radius 2 is 1.64 bits per heavy atom. The van der Waals surface area contributed by atoms with Gasteiger partial charge in [0.1, 0.15) is 0 Å². The van der Waals surface area contributed by atoms with Gasteiger partial charge in [-0.25, -0.2) is 0 Å². The molecule has 0 saturated heterocycles. The van der Waals surface area contributed by atoms with Crippen molar-refractivity contribution < 1.29 is 0 Å². The fourth-order valence-electron chi connectivity index (χ4n) is 1.08. The van der Waals surface area contributed by atoms with Gasteiger partial charge in [0.05, 0.1) is 0 Å². The van der Waals surface area contributed by atoms with Crippen LogP contribution in [0.4, 0.5) is 0 Å². The van der Waals surface area contributed by atoms with Crippen molar-refractivity contribution in [2.75, 3.05) is 6.54 Å². The van der Waals surface area contributed by atoms with Crippen LogP contribution in [-0.2, 0) is 0 Å². The van der Waals surface area contributed by atoms with E-state index in [1.165, 1.54) is 5.06 Å². The second kappa shape index (κ2) is 4.73. The fourth-order valence-corrected chi connectivity index (χ4v) is 1.08. The van der Waals surface area contributed by atoms with Crippen molar-refractivity contribution in [3.63, 3.8) is 0 Å². The van der Waals surface area contributed by atoms with Gasteiger partial charge in [-0.15, -0.1) is 0 Å². The van der Waals surface area contributed by atoms with Crippen LogP contribution >= 0.6 is 0 Å². The molecule has 0 bridgehead atoms. The first-order chi connectivity index (χ1) is 5.10. The Morgan fingerprint density at radius 3 is 1.91 bits per heavy atom. The smallest absolute Gasteiger partial charge is 0.00564 e. The van der Waals surface area contributed by atoms with Crippen molar-refractivity contribution in [1.82, 2.24) is 5.06 Å². The van der Waals surface area contributed by atoms with Crippen LogP contribution in [0, 0.1) is 5.21 Å². The molecule has 0 radical (unpaired) electrons. The molecular weight excluding hydrogens is 138 g/mol. The number of hydrogen-bond acceptors (Lipinski definition) is 2. The normalized spacial score (nSPS) is 12.5. The van der Waals surface area contributed by atoms with Crippen molar-refractivity contribution >= 4 is 0 Å². The monoisotopic (exact) mass is 158 g/mol. The highest BCUT2D eigenvalue weighted by Gasteiger charge is 2.19. The maximum atomic E-state index is 11.4. The van der Waals surface area contributed by atoms with Gasteiger partial charge in [-0.3, -0.25) is 0 Å². The number of nitrogens with zero attached hydrogens (tertiary/aromatic N) is 1. The molecule has 2 nitrogen and oxygen atoms in total. The highest BCUT2D eigenvalue weighted by molar-refractivity contribution is 4.83. The summed E-state index contributed by atoms with van der Waals surface area (Å²) in [6.07, 6.45) is 2.82. The van der Waals surface area contributed by atoms with Crippen molar-refractivity contribution in [2.45, 2.75) is 52.5 Å². The standard InChI is InChI=1S/C9H20NO/c1-5-8-10(11)9(4,6-2)7-3/h5-8H2,1-4H3/q-1. The predicted molar refractivity (Wildman–Crippen MR) is 49.4 cm³/mol. The lowest BCUT2D eigenvalue weighted by atomic mass is 9.95. The van der Waals surface area contributed by atoms with Gasteiger partial charge in [-0.2, -0.15) is 0 Å². The Morgan fingerprint density at radius 1 is 1.18 bits per heavy atom. The van der Waals surface area contributed by atoms with E-state index in [0.29, 0.717) is 6.54 Å². The van der Waals surface area contributed by atoms with Crippen molar-refractivity contribution in [3.8, 4) is 0 Å². The highest BCUT2D eigenvalue weighted by Crippen LogP contribution is 2.21. The molecule has 0 spiro atoms. The van der Waals surface area contributed by atoms with Crippen LogP contribution in [0.3, 0.4) is 0 Å². The molecule has 0 heterocycles. The molecule has 0 amide bonds. The molecule has 0 rings (SSSR count). The Labute approximate surface area is 70.2 Å². The van der Waals surface area contributed by atoms with E-state index in [1.54, 1.807) is 0 Å². The summed E-state index contributed by atoms with van der Waals surface area (Å²) in [5.74, 6) is 0. The van der Waals surface area contributed by atoms with Gasteiger partial charge >= 0.3 is 0 Å². The highest BCUT2D eigenvalue weighted by atomic mass is 16.5. The van der Waals surface area contributed by atoms with Crippen molar-refractivity contribution in [3.05, 3.63) is 5.21 Å². The molecular formula is C9H20NO-. The Balaban J connectivity index is 4.00. The van der Waals surface area contributed by atoms with Crippen LogP contribution in [0.1, 0.15) is 47.0 Å². The molecule has 68 valence electrons. The van der Waals surface area contributed by atoms with Gasteiger partial charge < -0.3 is 10.3 Å². The first-order valence-corrected chi connectivity index (χ1v) is 4.55. The van der Waals surface area contributed by atoms with Gasteiger partial charge in [0.2, 0.25) is 0 Å². The van der Waals surface area contributed by atoms with Crippen LogP contribution in [-0.4, -0.2) is 17.1 Å². The van der Waals surface area contributed by atoms with Crippen LogP contribution in [0.2, 0.25) is 0 Å². The van der Waals surface area contributed by atoms with Crippen molar-refractivity contribution in [1.29, 1.82) is 0 Å². The van der Waals surface area contributed by atoms with Crippen molar-refractivity contribution in [2.24, 2.45) is 0 Å². The average Bonchev–Trinajstić information content (AvgIpc) is 2.03. The quantitative estimate of drug-likeness (QED) is 0.575. The third kappa shape index (κ3) is 2.80. The Bertz CT molecular complexity index is 99.7. The first-order valence-electron chi connectivity index (χ1n) is 4.55. The van der Waals surface area contributed by atoms with Gasteiger partial charge in [0.25, 0.3) is 0 Å². The molecule has 0 aliphatic rings. The fraction of sp³-hybridized carbons (Fsp3) is 1.00. The molecule has 0 N–H and O–H groups in total. The lowest BCUT2D eigenvalue weighted by Crippen LogP contribution is -2.41. The molecule has 0 aliphatic carbocycles. The number of hydroxylamine groups is 2. The minimum absolute atomic E-state index is 0.129. The van der Waals surface area contributed by atoms with E-state index in [0.717, 1.165) is 19.3 Å². The Kier molecular flexibility index (Phi) is 4.69. The zero-order valence-corrected chi connectivity index (χ0v) is 8.18. The summed E-state index contributed by atoms with van der Waals surface area (Å²) in [4.78, 5) is 0. The lowest BCUT2D eigenvalue weighted by molar-refractivity contribution is 0.153. The topological polar surface area (TPSA) is 26.3 Å². The van der Waals surface area contributed by atoms with Crippen LogP contribution in [0.15, 0.2) is 0 Å². The van der Waals surface area contributed by atoms with E-state index < -0.39 is 0 Å². The summed E-state index contributed by atoms with van der Waals surface area (Å²) in [5, 5.41) is 12.7. The summed E-state index contributed by atoms with van der Waals surface area (Å²) in [7, 11) is 0. The maximum absolute atomic E-state index is 11.4. The molecule has 0 atom stereocenters. The van der Waals surface area contributed by atoms with Gasteiger partial charge in [0.15, 0.2) is 0 Å². The maximum Gasteiger partial charge on any atom is 0.00564 e. The average molecular weight is 158 g/mol. The second-order valence-electron chi connectivity index (χ2n) is 3.31. The molecule has 2 heteroatoms. The van der Waals surface area contributed by atoms with Crippen LogP contribution in [0.25, 0.3) is 0 Å². The molecule has 0 aromatic rings. The largest absolute Gasteiger partial charge is 0.785 e. The van der Waals surface area contributed by atoms with Gasteiger partial charge in [0, 0.05) is 5.54 Å². The van der Waals surface area contributed by atoms with Crippen LogP contribution < -0.4 is 0 Å². The first kappa shape index (κ1) is 10.9. The second-order valence-corrected chi connectivity index (χ2v) is 3.31.